The molecule has 0 aromatic heterocycles. The van der Waals surface area contributed by atoms with Gasteiger partial charge in [-0.25, -0.2) is 17.9 Å². The van der Waals surface area contributed by atoms with E-state index in [2.05, 4.69) is 0 Å². The second-order valence-electron chi connectivity index (χ2n) is 3.47. The van der Waals surface area contributed by atoms with Crippen molar-refractivity contribution >= 4 is 16.0 Å². The zero-order valence-electron chi connectivity index (χ0n) is 9.12. The first kappa shape index (κ1) is 13.6. The summed E-state index contributed by atoms with van der Waals surface area (Å²) >= 11 is 0. The fourth-order valence-electron chi connectivity index (χ4n) is 1.21. The lowest BCUT2D eigenvalue weighted by atomic mass is 10.2. The number of sulfonamides is 1. The van der Waals surface area contributed by atoms with Gasteiger partial charge in [0.1, 0.15) is 0 Å². The Balaban J connectivity index is 2.84. The highest BCUT2D eigenvalue weighted by Crippen LogP contribution is 2.13. The monoisotopic (exact) mass is 259 g/mol. The molecule has 1 unspecified atom stereocenters. The topological polar surface area (TPSA) is 104 Å². The summed E-state index contributed by atoms with van der Waals surface area (Å²) in [7, 11) is -3.79. The third-order valence-electron chi connectivity index (χ3n) is 2.13. The summed E-state index contributed by atoms with van der Waals surface area (Å²) < 4.78 is 25.6. The van der Waals surface area contributed by atoms with Gasteiger partial charge in [0.05, 0.1) is 4.90 Å². The second kappa shape index (κ2) is 5.26. The highest BCUT2D eigenvalue weighted by molar-refractivity contribution is 7.89. The first-order valence-corrected chi connectivity index (χ1v) is 6.29. The number of carboxylic acid groups (broad SMARTS) is 1. The number of hydrogen-bond acceptors (Lipinski definition) is 4. The molecule has 0 saturated carbocycles. The van der Waals surface area contributed by atoms with Crippen LogP contribution in [0.2, 0.25) is 0 Å². The summed E-state index contributed by atoms with van der Waals surface area (Å²) in [5.74, 6) is -1.47. The first-order chi connectivity index (χ1) is 7.84. The number of carboxylic acids is 1. The number of carbonyl (C=O) groups is 1. The molecule has 0 bridgehead atoms. The van der Waals surface area contributed by atoms with Crippen molar-refractivity contribution in [2.75, 3.05) is 6.54 Å². The predicted octanol–water partition coefficient (Wildman–Crippen LogP) is -0.281. The van der Waals surface area contributed by atoms with E-state index < -0.39 is 28.6 Å². The molecule has 0 aliphatic heterocycles. The third-order valence-corrected chi connectivity index (χ3v) is 3.72. The number of aliphatic hydroxyl groups excluding tert-OH is 1. The van der Waals surface area contributed by atoms with E-state index in [1.807, 2.05) is 4.72 Å². The van der Waals surface area contributed by atoms with E-state index >= 15 is 0 Å². The maximum absolute atomic E-state index is 11.8. The van der Waals surface area contributed by atoms with E-state index in [1.54, 1.807) is 25.1 Å². The van der Waals surface area contributed by atoms with Crippen LogP contribution in [0.1, 0.15) is 5.56 Å². The first-order valence-electron chi connectivity index (χ1n) is 4.81. The van der Waals surface area contributed by atoms with Crippen molar-refractivity contribution in [1.82, 2.24) is 4.72 Å². The Morgan fingerprint density at radius 2 is 2.00 bits per heavy atom. The van der Waals surface area contributed by atoms with Crippen LogP contribution < -0.4 is 4.72 Å². The molecule has 1 aromatic rings. The Bertz CT molecular complexity index is 511. The Labute approximate surface area is 99.0 Å². The fraction of sp³-hybridized carbons (Fsp3) is 0.300. The number of benzene rings is 1. The van der Waals surface area contributed by atoms with Gasteiger partial charge in [-0.05, 0) is 18.6 Å². The van der Waals surface area contributed by atoms with Crippen molar-refractivity contribution in [2.24, 2.45) is 0 Å². The van der Waals surface area contributed by atoms with Crippen molar-refractivity contribution in [3.05, 3.63) is 29.8 Å². The molecule has 0 aliphatic carbocycles. The normalized spacial score (nSPS) is 13.3. The number of nitrogens with one attached hydrogen (secondary N) is 1. The minimum absolute atomic E-state index is 0.0672. The van der Waals surface area contributed by atoms with Crippen LogP contribution in [0.15, 0.2) is 29.2 Å². The van der Waals surface area contributed by atoms with Crippen LogP contribution in [0.4, 0.5) is 0 Å². The highest BCUT2D eigenvalue weighted by Gasteiger charge is 2.20. The van der Waals surface area contributed by atoms with E-state index in [0.717, 1.165) is 0 Å². The number of aliphatic carboxylic acids is 1. The Morgan fingerprint density at radius 1 is 1.41 bits per heavy atom. The molecule has 0 spiro atoms. The lowest BCUT2D eigenvalue weighted by Crippen LogP contribution is -2.36. The molecule has 3 N–H and O–H groups in total. The largest absolute Gasteiger partial charge is 0.479 e. The molecule has 0 fully saturated rings. The van der Waals surface area contributed by atoms with Crippen LogP contribution >= 0.6 is 0 Å². The standard InChI is InChI=1S/C10H13NO5S/c1-7-4-2-3-5-9(7)17(15,16)11-6-8(12)10(13)14/h2-5,8,11-12H,6H2,1H3,(H,13,14). The molecule has 0 heterocycles. The summed E-state index contributed by atoms with van der Waals surface area (Å²) in [6.07, 6.45) is -1.76. The minimum Gasteiger partial charge on any atom is -0.479 e. The van der Waals surface area contributed by atoms with E-state index in [-0.39, 0.29) is 4.90 Å². The number of hydrogen-bond donors (Lipinski definition) is 3. The van der Waals surface area contributed by atoms with Crippen LogP contribution in [0, 0.1) is 6.92 Å². The predicted molar refractivity (Wildman–Crippen MR) is 60.0 cm³/mol. The quantitative estimate of drug-likeness (QED) is 0.674. The highest BCUT2D eigenvalue weighted by atomic mass is 32.2. The molecule has 6 nitrogen and oxygen atoms in total. The molecular formula is C10H13NO5S. The lowest BCUT2D eigenvalue weighted by molar-refractivity contribution is -0.146. The second-order valence-corrected chi connectivity index (χ2v) is 5.21. The molecule has 0 aliphatic rings. The van der Waals surface area contributed by atoms with Crippen molar-refractivity contribution in [2.45, 2.75) is 17.9 Å². The van der Waals surface area contributed by atoms with Crippen molar-refractivity contribution < 1.29 is 23.4 Å². The molecule has 17 heavy (non-hydrogen) atoms. The van der Waals surface area contributed by atoms with Gasteiger partial charge in [0.25, 0.3) is 0 Å². The van der Waals surface area contributed by atoms with Gasteiger partial charge in [-0.3, -0.25) is 0 Å². The molecule has 1 aromatic carbocycles. The van der Waals surface area contributed by atoms with Crippen molar-refractivity contribution in [3.8, 4) is 0 Å². The summed E-state index contributed by atoms with van der Waals surface area (Å²) in [5.41, 5.74) is 0.546. The number of rotatable bonds is 5. The maximum Gasteiger partial charge on any atom is 0.333 e. The minimum atomic E-state index is -3.79. The van der Waals surface area contributed by atoms with E-state index in [1.165, 1.54) is 6.07 Å². The van der Waals surface area contributed by atoms with Crippen LogP contribution in [-0.2, 0) is 14.8 Å². The van der Waals surface area contributed by atoms with Gasteiger partial charge < -0.3 is 10.2 Å². The van der Waals surface area contributed by atoms with Crippen LogP contribution in [-0.4, -0.2) is 37.2 Å². The molecule has 94 valence electrons. The van der Waals surface area contributed by atoms with Crippen molar-refractivity contribution in [3.63, 3.8) is 0 Å². The van der Waals surface area contributed by atoms with Gasteiger partial charge >= 0.3 is 5.97 Å². The van der Waals surface area contributed by atoms with Gasteiger partial charge in [0.15, 0.2) is 6.10 Å². The molecule has 0 saturated heterocycles. The maximum atomic E-state index is 11.8. The zero-order chi connectivity index (χ0) is 13.1. The Hall–Kier alpha value is -1.44. The smallest absolute Gasteiger partial charge is 0.333 e. The molecule has 7 heteroatoms. The Morgan fingerprint density at radius 3 is 2.53 bits per heavy atom. The van der Waals surface area contributed by atoms with E-state index in [4.69, 9.17) is 10.2 Å². The fourth-order valence-corrected chi connectivity index (χ4v) is 2.49. The Kier molecular flexibility index (Phi) is 4.22. The van der Waals surface area contributed by atoms with Gasteiger partial charge in [0.2, 0.25) is 10.0 Å². The van der Waals surface area contributed by atoms with E-state index in [0.29, 0.717) is 5.56 Å². The SMILES string of the molecule is Cc1ccccc1S(=O)(=O)NCC(O)C(=O)O. The summed E-state index contributed by atoms with van der Waals surface area (Å²) in [6.45, 7) is 1.06. The summed E-state index contributed by atoms with van der Waals surface area (Å²) in [6, 6.07) is 6.29. The molecule has 0 amide bonds. The zero-order valence-corrected chi connectivity index (χ0v) is 9.94. The average Bonchev–Trinajstić information content (AvgIpc) is 2.26. The van der Waals surface area contributed by atoms with Gasteiger partial charge in [0, 0.05) is 6.54 Å². The molecule has 1 rings (SSSR count). The summed E-state index contributed by atoms with van der Waals surface area (Å²) in [5, 5.41) is 17.4. The van der Waals surface area contributed by atoms with Crippen molar-refractivity contribution in [1.29, 1.82) is 0 Å². The molecular weight excluding hydrogens is 246 g/mol. The molecule has 1 atom stereocenters. The average molecular weight is 259 g/mol. The van der Waals surface area contributed by atoms with Crippen LogP contribution in [0.5, 0.6) is 0 Å². The third kappa shape index (κ3) is 3.52. The van der Waals surface area contributed by atoms with E-state index in [9.17, 15) is 13.2 Å². The van der Waals surface area contributed by atoms with Gasteiger partial charge in [-0.15, -0.1) is 0 Å². The summed E-state index contributed by atoms with van der Waals surface area (Å²) in [4.78, 5) is 10.4. The van der Waals surface area contributed by atoms with Gasteiger partial charge in [-0.1, -0.05) is 18.2 Å². The lowest BCUT2D eigenvalue weighted by Gasteiger charge is -2.10. The van der Waals surface area contributed by atoms with Crippen LogP contribution in [0.25, 0.3) is 0 Å². The number of aliphatic hydroxyl groups is 1. The van der Waals surface area contributed by atoms with Crippen LogP contribution in [0.3, 0.4) is 0 Å². The molecule has 0 radical (unpaired) electrons. The number of aryl methyl sites for hydroxylation is 1. The van der Waals surface area contributed by atoms with Gasteiger partial charge in [-0.2, -0.15) is 0 Å².